The molecule has 2 atom stereocenters. The normalized spacial score (nSPS) is 29.6. The van der Waals surface area contributed by atoms with Crippen LogP contribution < -0.4 is 0 Å². The summed E-state index contributed by atoms with van der Waals surface area (Å²) in [7, 11) is 0. The Morgan fingerprint density at radius 3 is 2.62 bits per heavy atom. The molecule has 2 unspecified atom stereocenters. The lowest BCUT2D eigenvalue weighted by atomic mass is 9.78. The summed E-state index contributed by atoms with van der Waals surface area (Å²) in [6.07, 6.45) is 2.02. The summed E-state index contributed by atoms with van der Waals surface area (Å²) in [5.41, 5.74) is 1.14. The van der Waals surface area contributed by atoms with Crippen molar-refractivity contribution in [2.24, 2.45) is 5.41 Å². The third-order valence-electron chi connectivity index (χ3n) is 3.57. The van der Waals surface area contributed by atoms with E-state index in [9.17, 15) is 4.39 Å². The minimum atomic E-state index is -0.195. The third-order valence-corrected chi connectivity index (χ3v) is 4.10. The van der Waals surface area contributed by atoms with E-state index in [4.69, 9.17) is 16.3 Å². The van der Waals surface area contributed by atoms with Crippen LogP contribution in [0, 0.1) is 11.2 Å². The lowest BCUT2D eigenvalue weighted by molar-refractivity contribution is 0.0735. The molecule has 0 amide bonds. The molecule has 1 aromatic carbocycles. The predicted molar refractivity (Wildman–Crippen MR) is 63.3 cm³/mol. The summed E-state index contributed by atoms with van der Waals surface area (Å²) in [5.74, 6) is 0.394. The van der Waals surface area contributed by atoms with Gasteiger partial charge in [0.2, 0.25) is 0 Å². The van der Waals surface area contributed by atoms with Crippen LogP contribution in [-0.2, 0) is 11.2 Å². The van der Waals surface area contributed by atoms with Crippen molar-refractivity contribution in [2.45, 2.75) is 25.9 Å². The summed E-state index contributed by atoms with van der Waals surface area (Å²) in [6.45, 7) is 2.84. The molecule has 2 rings (SSSR count). The molecule has 1 aromatic rings. The van der Waals surface area contributed by atoms with Crippen LogP contribution in [0.15, 0.2) is 24.3 Å². The average molecular weight is 243 g/mol. The molecule has 0 N–H and O–H groups in total. The summed E-state index contributed by atoms with van der Waals surface area (Å²) >= 11 is 6.09. The molecule has 0 spiro atoms. The van der Waals surface area contributed by atoms with Gasteiger partial charge in [0.1, 0.15) is 5.82 Å². The first-order chi connectivity index (χ1) is 7.66. The molecule has 1 nitrogen and oxygen atoms in total. The minimum Gasteiger partial charge on any atom is -0.378 e. The second-order valence-electron chi connectivity index (χ2n) is 4.56. The molecule has 1 fully saturated rings. The van der Waals surface area contributed by atoms with Crippen molar-refractivity contribution < 1.29 is 9.13 Å². The maximum atomic E-state index is 12.8. The van der Waals surface area contributed by atoms with Crippen molar-refractivity contribution in [3.8, 4) is 0 Å². The van der Waals surface area contributed by atoms with Crippen molar-refractivity contribution in [3.05, 3.63) is 35.6 Å². The van der Waals surface area contributed by atoms with E-state index in [0.717, 1.165) is 25.0 Å². The zero-order chi connectivity index (χ0) is 11.6. The molecule has 1 saturated heterocycles. The number of rotatable bonds is 3. The van der Waals surface area contributed by atoms with Gasteiger partial charge in [-0.25, -0.2) is 4.39 Å². The van der Waals surface area contributed by atoms with E-state index >= 15 is 0 Å². The van der Waals surface area contributed by atoms with Crippen LogP contribution >= 0.6 is 11.6 Å². The van der Waals surface area contributed by atoms with Crippen LogP contribution in [-0.4, -0.2) is 18.6 Å². The molecule has 0 bridgehead atoms. The van der Waals surface area contributed by atoms with Crippen molar-refractivity contribution in [3.63, 3.8) is 0 Å². The van der Waals surface area contributed by atoms with E-state index in [0.29, 0.717) is 5.88 Å². The van der Waals surface area contributed by atoms with Crippen LogP contribution in [0.2, 0.25) is 0 Å². The lowest BCUT2D eigenvalue weighted by Gasteiger charge is -2.30. The second-order valence-corrected chi connectivity index (χ2v) is 4.83. The molecule has 1 aliphatic heterocycles. The van der Waals surface area contributed by atoms with Crippen LogP contribution in [0.5, 0.6) is 0 Å². The molecule has 0 saturated carbocycles. The maximum absolute atomic E-state index is 12.8. The number of hydrogen-bond acceptors (Lipinski definition) is 1. The number of hydrogen-bond donors (Lipinski definition) is 0. The van der Waals surface area contributed by atoms with Crippen LogP contribution in [0.1, 0.15) is 18.9 Å². The molecular weight excluding hydrogens is 227 g/mol. The van der Waals surface area contributed by atoms with Crippen molar-refractivity contribution in [1.82, 2.24) is 0 Å². The van der Waals surface area contributed by atoms with Gasteiger partial charge >= 0.3 is 0 Å². The summed E-state index contributed by atoms with van der Waals surface area (Å²) in [4.78, 5) is 0. The molecule has 3 heteroatoms. The maximum Gasteiger partial charge on any atom is 0.123 e. The highest BCUT2D eigenvalue weighted by molar-refractivity contribution is 6.18. The van der Waals surface area contributed by atoms with Gasteiger partial charge in [0.25, 0.3) is 0 Å². The van der Waals surface area contributed by atoms with Gasteiger partial charge in [0, 0.05) is 17.9 Å². The summed E-state index contributed by atoms with van der Waals surface area (Å²) < 4.78 is 18.4. The highest BCUT2D eigenvalue weighted by Gasteiger charge is 2.40. The quantitative estimate of drug-likeness (QED) is 0.739. The monoisotopic (exact) mass is 242 g/mol. The molecular formula is C13H16ClFO. The first-order valence-electron chi connectivity index (χ1n) is 5.58. The van der Waals surface area contributed by atoms with Gasteiger partial charge in [-0.1, -0.05) is 12.1 Å². The Kier molecular flexibility index (Phi) is 3.50. The molecule has 1 aliphatic rings. The highest BCUT2D eigenvalue weighted by atomic mass is 35.5. The second kappa shape index (κ2) is 4.72. The van der Waals surface area contributed by atoms with E-state index in [2.05, 4.69) is 6.92 Å². The van der Waals surface area contributed by atoms with Crippen LogP contribution in [0.4, 0.5) is 4.39 Å². The van der Waals surface area contributed by atoms with Gasteiger partial charge in [-0.3, -0.25) is 0 Å². The van der Waals surface area contributed by atoms with Crippen molar-refractivity contribution >= 4 is 11.6 Å². The molecule has 16 heavy (non-hydrogen) atoms. The van der Waals surface area contributed by atoms with Gasteiger partial charge < -0.3 is 4.74 Å². The van der Waals surface area contributed by atoms with E-state index in [1.807, 2.05) is 12.1 Å². The highest BCUT2D eigenvalue weighted by Crippen LogP contribution is 2.39. The fraction of sp³-hybridized carbons (Fsp3) is 0.538. The Morgan fingerprint density at radius 2 is 2.12 bits per heavy atom. The van der Waals surface area contributed by atoms with E-state index in [-0.39, 0.29) is 17.3 Å². The zero-order valence-corrected chi connectivity index (χ0v) is 10.1. The van der Waals surface area contributed by atoms with Gasteiger partial charge in [-0.05, 0) is 37.5 Å². The van der Waals surface area contributed by atoms with Crippen molar-refractivity contribution in [2.75, 3.05) is 12.5 Å². The molecule has 0 radical (unpaired) electrons. The van der Waals surface area contributed by atoms with E-state index < -0.39 is 0 Å². The first kappa shape index (κ1) is 11.9. The van der Waals surface area contributed by atoms with Crippen LogP contribution in [0.3, 0.4) is 0 Å². The van der Waals surface area contributed by atoms with E-state index in [1.165, 1.54) is 12.1 Å². The largest absolute Gasteiger partial charge is 0.378 e. The lowest BCUT2D eigenvalue weighted by Crippen LogP contribution is -2.33. The topological polar surface area (TPSA) is 9.23 Å². The molecule has 1 heterocycles. The Bertz CT molecular complexity index is 351. The Labute approximate surface area is 101 Å². The number of benzene rings is 1. The molecule has 0 aromatic heterocycles. The molecule has 88 valence electrons. The summed E-state index contributed by atoms with van der Waals surface area (Å²) in [5, 5.41) is 0. The van der Waals surface area contributed by atoms with Crippen molar-refractivity contribution in [1.29, 1.82) is 0 Å². The first-order valence-corrected chi connectivity index (χ1v) is 6.12. The number of ether oxygens (including phenoxy) is 1. The smallest absolute Gasteiger partial charge is 0.123 e. The minimum absolute atomic E-state index is 0.0133. The third kappa shape index (κ3) is 2.23. The predicted octanol–water partition coefficient (Wildman–Crippen LogP) is 3.40. The fourth-order valence-electron chi connectivity index (χ4n) is 2.28. The Hall–Kier alpha value is -0.600. The number of halogens is 2. The fourth-order valence-corrected chi connectivity index (χ4v) is 2.73. The summed E-state index contributed by atoms with van der Waals surface area (Å²) in [6, 6.07) is 6.65. The Morgan fingerprint density at radius 1 is 1.44 bits per heavy atom. The number of alkyl halides is 1. The standard InChI is InChI=1S/C13H16ClFO/c1-10-13(9-14,6-7-16-10)8-11-2-4-12(15)5-3-11/h2-5,10H,6-9H2,1H3. The van der Waals surface area contributed by atoms with Crippen LogP contribution in [0.25, 0.3) is 0 Å². The molecule has 0 aliphatic carbocycles. The van der Waals surface area contributed by atoms with Gasteiger partial charge in [0.05, 0.1) is 6.10 Å². The van der Waals surface area contributed by atoms with Gasteiger partial charge in [-0.15, -0.1) is 11.6 Å². The zero-order valence-electron chi connectivity index (χ0n) is 9.38. The van der Waals surface area contributed by atoms with Gasteiger partial charge in [0.15, 0.2) is 0 Å². The van der Waals surface area contributed by atoms with Gasteiger partial charge in [-0.2, -0.15) is 0 Å². The van der Waals surface area contributed by atoms with E-state index in [1.54, 1.807) is 0 Å². The average Bonchev–Trinajstić information content (AvgIpc) is 2.64. The SMILES string of the molecule is CC1OCCC1(CCl)Cc1ccc(F)cc1. The Balaban J connectivity index is 2.15.